The highest BCUT2D eigenvalue weighted by Gasteiger charge is 2.22. The van der Waals surface area contributed by atoms with E-state index in [2.05, 4.69) is 21.0 Å². The molecular weight excluding hydrogens is 226 g/mol. The zero-order chi connectivity index (χ0) is 12.3. The van der Waals surface area contributed by atoms with Crippen molar-refractivity contribution in [3.63, 3.8) is 0 Å². The van der Waals surface area contributed by atoms with Crippen molar-refractivity contribution in [2.45, 2.75) is 6.04 Å². The Morgan fingerprint density at radius 3 is 2.94 bits per heavy atom. The van der Waals surface area contributed by atoms with E-state index in [1.54, 1.807) is 16.9 Å². The second-order valence-electron chi connectivity index (χ2n) is 3.67. The van der Waals surface area contributed by atoms with Crippen LogP contribution in [0.5, 0.6) is 0 Å². The van der Waals surface area contributed by atoms with Crippen molar-refractivity contribution < 1.29 is 14.7 Å². The van der Waals surface area contributed by atoms with Gasteiger partial charge in [-0.2, -0.15) is 5.10 Å². The zero-order valence-electron chi connectivity index (χ0n) is 9.01. The third-order valence-corrected chi connectivity index (χ3v) is 2.42. The van der Waals surface area contributed by atoms with Crippen LogP contribution in [0, 0.1) is 0 Å². The molecule has 17 heavy (non-hydrogen) atoms. The van der Waals surface area contributed by atoms with Crippen molar-refractivity contribution in [2.75, 3.05) is 25.0 Å². The molecule has 4 N–H and O–H groups in total. The highest BCUT2D eigenvalue weighted by atomic mass is 16.4. The number of urea groups is 1. The molecule has 1 fully saturated rings. The SMILES string of the molecule is O=C(O)CNC(=O)Nc1ccnn1C1CNC1. The average Bonchev–Trinajstić information content (AvgIpc) is 2.61. The van der Waals surface area contributed by atoms with Crippen LogP contribution in [-0.2, 0) is 4.79 Å². The molecule has 0 aliphatic carbocycles. The molecule has 2 amide bonds. The van der Waals surface area contributed by atoms with Crippen LogP contribution in [0.25, 0.3) is 0 Å². The topological polar surface area (TPSA) is 108 Å². The van der Waals surface area contributed by atoms with Gasteiger partial charge in [0.15, 0.2) is 0 Å². The molecule has 0 radical (unpaired) electrons. The lowest BCUT2D eigenvalue weighted by molar-refractivity contribution is -0.135. The Bertz CT molecular complexity index is 426. The summed E-state index contributed by atoms with van der Waals surface area (Å²) in [6, 6.07) is 1.35. The number of nitrogens with zero attached hydrogens (tertiary/aromatic N) is 2. The molecule has 0 bridgehead atoms. The molecule has 0 saturated carbocycles. The van der Waals surface area contributed by atoms with Crippen LogP contribution in [-0.4, -0.2) is 46.5 Å². The summed E-state index contributed by atoms with van der Waals surface area (Å²) in [4.78, 5) is 21.6. The number of amides is 2. The van der Waals surface area contributed by atoms with Gasteiger partial charge >= 0.3 is 12.0 Å². The quantitative estimate of drug-likeness (QED) is 0.552. The lowest BCUT2D eigenvalue weighted by Crippen LogP contribution is -2.44. The fraction of sp³-hybridized carbons (Fsp3) is 0.444. The zero-order valence-corrected chi connectivity index (χ0v) is 9.01. The van der Waals surface area contributed by atoms with Gasteiger partial charge in [-0.05, 0) is 0 Å². The van der Waals surface area contributed by atoms with Crippen LogP contribution in [0.2, 0.25) is 0 Å². The normalized spacial score (nSPS) is 15.1. The second kappa shape index (κ2) is 4.83. The van der Waals surface area contributed by atoms with E-state index in [1.807, 2.05) is 0 Å². The standard InChI is InChI=1S/C9H13N5O3/c15-8(16)5-11-9(17)13-7-1-2-12-14(7)6-3-10-4-6/h1-2,6,10H,3-5H2,(H,15,16)(H2,11,13,17). The van der Waals surface area contributed by atoms with Crippen LogP contribution in [0.15, 0.2) is 12.3 Å². The van der Waals surface area contributed by atoms with Crippen LogP contribution in [0.3, 0.4) is 0 Å². The predicted octanol–water partition coefficient (Wildman–Crippen LogP) is -0.767. The molecule has 2 rings (SSSR count). The average molecular weight is 239 g/mol. The summed E-state index contributed by atoms with van der Waals surface area (Å²) >= 11 is 0. The minimum absolute atomic E-state index is 0.236. The number of carbonyl (C=O) groups is 2. The lowest BCUT2D eigenvalue weighted by Gasteiger charge is -2.28. The minimum Gasteiger partial charge on any atom is -0.480 e. The maximum absolute atomic E-state index is 11.4. The molecule has 1 aliphatic rings. The van der Waals surface area contributed by atoms with Gasteiger partial charge in [-0.15, -0.1) is 0 Å². The predicted molar refractivity (Wildman–Crippen MR) is 58.8 cm³/mol. The number of hydrogen-bond acceptors (Lipinski definition) is 4. The number of carboxylic acids is 1. The van der Waals surface area contributed by atoms with Gasteiger partial charge in [-0.1, -0.05) is 0 Å². The van der Waals surface area contributed by atoms with Crippen LogP contribution >= 0.6 is 0 Å². The van der Waals surface area contributed by atoms with Gasteiger partial charge in [0.25, 0.3) is 0 Å². The van der Waals surface area contributed by atoms with E-state index < -0.39 is 18.5 Å². The minimum atomic E-state index is -1.09. The number of carboxylic acid groups (broad SMARTS) is 1. The maximum atomic E-state index is 11.4. The highest BCUT2D eigenvalue weighted by molar-refractivity contribution is 5.90. The van der Waals surface area contributed by atoms with Crippen molar-refractivity contribution in [3.8, 4) is 0 Å². The van der Waals surface area contributed by atoms with E-state index in [9.17, 15) is 9.59 Å². The fourth-order valence-electron chi connectivity index (χ4n) is 1.47. The van der Waals surface area contributed by atoms with E-state index >= 15 is 0 Å². The Kier molecular flexibility index (Phi) is 3.24. The third kappa shape index (κ3) is 2.72. The molecule has 0 unspecified atom stereocenters. The van der Waals surface area contributed by atoms with E-state index in [0.717, 1.165) is 13.1 Å². The monoisotopic (exact) mass is 239 g/mol. The third-order valence-electron chi connectivity index (χ3n) is 2.42. The summed E-state index contributed by atoms with van der Waals surface area (Å²) in [5.74, 6) is -0.531. The first-order valence-electron chi connectivity index (χ1n) is 5.17. The molecule has 1 aliphatic heterocycles. The summed E-state index contributed by atoms with van der Waals surface area (Å²) in [5.41, 5.74) is 0. The fourth-order valence-corrected chi connectivity index (χ4v) is 1.47. The summed E-state index contributed by atoms with van der Waals surface area (Å²) in [6.45, 7) is 1.21. The molecule has 92 valence electrons. The van der Waals surface area contributed by atoms with Gasteiger partial charge in [0, 0.05) is 19.2 Å². The van der Waals surface area contributed by atoms with Gasteiger partial charge < -0.3 is 15.7 Å². The summed E-state index contributed by atoms with van der Waals surface area (Å²) in [5, 5.41) is 20.4. The van der Waals surface area contributed by atoms with Crippen molar-refractivity contribution >= 4 is 17.8 Å². The van der Waals surface area contributed by atoms with Crippen molar-refractivity contribution in [2.24, 2.45) is 0 Å². The van der Waals surface area contributed by atoms with Crippen LogP contribution < -0.4 is 16.0 Å². The Morgan fingerprint density at radius 1 is 1.59 bits per heavy atom. The largest absolute Gasteiger partial charge is 0.480 e. The first-order chi connectivity index (χ1) is 8.16. The summed E-state index contributed by atoms with van der Waals surface area (Å²) < 4.78 is 1.71. The summed E-state index contributed by atoms with van der Waals surface area (Å²) in [6.07, 6.45) is 1.59. The van der Waals surface area contributed by atoms with Gasteiger partial charge in [0.2, 0.25) is 0 Å². The molecular formula is C9H13N5O3. The van der Waals surface area contributed by atoms with E-state index in [1.165, 1.54) is 0 Å². The Balaban J connectivity index is 1.91. The number of anilines is 1. The van der Waals surface area contributed by atoms with Crippen molar-refractivity contribution in [3.05, 3.63) is 12.3 Å². The lowest BCUT2D eigenvalue weighted by atomic mass is 10.2. The first kappa shape index (κ1) is 11.4. The number of aromatic nitrogens is 2. The molecule has 8 nitrogen and oxygen atoms in total. The van der Waals surface area contributed by atoms with Gasteiger partial charge in [0.1, 0.15) is 12.4 Å². The molecule has 0 aromatic carbocycles. The molecule has 1 saturated heterocycles. The van der Waals surface area contributed by atoms with Gasteiger partial charge in [-0.25, -0.2) is 9.48 Å². The molecule has 2 heterocycles. The first-order valence-corrected chi connectivity index (χ1v) is 5.17. The van der Waals surface area contributed by atoms with Crippen molar-refractivity contribution in [1.82, 2.24) is 20.4 Å². The smallest absolute Gasteiger partial charge is 0.323 e. The number of carbonyl (C=O) groups excluding carboxylic acids is 1. The van der Waals surface area contributed by atoms with E-state index in [0.29, 0.717) is 5.82 Å². The molecule has 1 aromatic heterocycles. The second-order valence-corrected chi connectivity index (χ2v) is 3.67. The maximum Gasteiger partial charge on any atom is 0.323 e. The van der Waals surface area contributed by atoms with Crippen LogP contribution in [0.4, 0.5) is 10.6 Å². The number of rotatable bonds is 4. The Labute approximate surface area is 97.0 Å². The number of nitrogens with one attached hydrogen (secondary N) is 3. The Hall–Kier alpha value is -2.09. The van der Waals surface area contributed by atoms with Gasteiger partial charge in [0.05, 0.1) is 12.2 Å². The van der Waals surface area contributed by atoms with Crippen molar-refractivity contribution in [1.29, 1.82) is 0 Å². The Morgan fingerprint density at radius 2 is 2.35 bits per heavy atom. The van der Waals surface area contributed by atoms with Gasteiger partial charge in [-0.3, -0.25) is 10.1 Å². The molecule has 0 atom stereocenters. The van der Waals surface area contributed by atoms with E-state index in [-0.39, 0.29) is 6.04 Å². The molecule has 1 aromatic rings. The van der Waals surface area contributed by atoms with Crippen LogP contribution in [0.1, 0.15) is 6.04 Å². The highest BCUT2D eigenvalue weighted by Crippen LogP contribution is 2.16. The molecule has 8 heteroatoms. The van der Waals surface area contributed by atoms with E-state index in [4.69, 9.17) is 5.11 Å². The molecule has 0 spiro atoms. The number of hydrogen-bond donors (Lipinski definition) is 4. The number of aliphatic carboxylic acids is 1. The summed E-state index contributed by atoms with van der Waals surface area (Å²) in [7, 11) is 0.